The minimum atomic E-state index is -0.402. The summed E-state index contributed by atoms with van der Waals surface area (Å²) < 4.78 is 10.6. The van der Waals surface area contributed by atoms with Gasteiger partial charge in [0.25, 0.3) is 11.8 Å². The van der Waals surface area contributed by atoms with Crippen molar-refractivity contribution in [3.63, 3.8) is 0 Å². The van der Waals surface area contributed by atoms with Crippen molar-refractivity contribution in [1.82, 2.24) is 15.4 Å². The van der Waals surface area contributed by atoms with Crippen LogP contribution in [0.2, 0.25) is 0 Å². The SMILES string of the molecule is O=C(Nc1ccc2cn[nH]c2c1)c1cc(OCc2ccccc2)no1. The van der Waals surface area contributed by atoms with Crippen LogP contribution in [0.5, 0.6) is 5.88 Å². The molecule has 0 aliphatic heterocycles. The summed E-state index contributed by atoms with van der Waals surface area (Å²) in [7, 11) is 0. The molecule has 4 rings (SSSR count). The van der Waals surface area contributed by atoms with Crippen molar-refractivity contribution >= 4 is 22.5 Å². The molecule has 2 N–H and O–H groups in total. The van der Waals surface area contributed by atoms with E-state index in [1.165, 1.54) is 6.07 Å². The lowest BCUT2D eigenvalue weighted by atomic mass is 10.2. The lowest BCUT2D eigenvalue weighted by molar-refractivity contribution is 0.0987. The van der Waals surface area contributed by atoms with E-state index in [2.05, 4.69) is 20.7 Å². The normalized spacial score (nSPS) is 10.7. The van der Waals surface area contributed by atoms with E-state index in [4.69, 9.17) is 9.26 Å². The van der Waals surface area contributed by atoms with Crippen LogP contribution in [-0.4, -0.2) is 21.3 Å². The van der Waals surface area contributed by atoms with E-state index >= 15 is 0 Å². The lowest BCUT2D eigenvalue weighted by Gasteiger charge is -2.02. The number of aromatic amines is 1. The summed E-state index contributed by atoms with van der Waals surface area (Å²) in [6, 6.07) is 16.6. The predicted octanol–water partition coefficient (Wildman–Crippen LogP) is 3.38. The maximum Gasteiger partial charge on any atom is 0.294 e. The van der Waals surface area contributed by atoms with Crippen molar-refractivity contribution < 1.29 is 14.1 Å². The molecule has 7 heteroatoms. The van der Waals surface area contributed by atoms with E-state index in [9.17, 15) is 4.79 Å². The van der Waals surface area contributed by atoms with Gasteiger partial charge in [-0.3, -0.25) is 9.89 Å². The number of aromatic nitrogens is 3. The molecule has 2 heterocycles. The zero-order chi connectivity index (χ0) is 17.1. The summed E-state index contributed by atoms with van der Waals surface area (Å²) in [5.74, 6) is -0.0632. The molecule has 2 aromatic heterocycles. The molecule has 0 unspecified atom stereocenters. The first-order valence-electron chi connectivity index (χ1n) is 7.66. The summed E-state index contributed by atoms with van der Waals surface area (Å²) in [4.78, 5) is 12.2. The van der Waals surface area contributed by atoms with Crippen LogP contribution in [0.15, 0.2) is 65.3 Å². The van der Waals surface area contributed by atoms with Crippen LogP contribution in [0.4, 0.5) is 5.69 Å². The predicted molar refractivity (Wildman–Crippen MR) is 91.3 cm³/mol. The molecule has 0 radical (unpaired) electrons. The number of hydrogen-bond donors (Lipinski definition) is 2. The van der Waals surface area contributed by atoms with Gasteiger partial charge in [-0.25, -0.2) is 0 Å². The van der Waals surface area contributed by atoms with Crippen molar-refractivity contribution in [3.05, 3.63) is 72.1 Å². The van der Waals surface area contributed by atoms with E-state index in [1.807, 2.05) is 36.4 Å². The number of H-pyrrole nitrogens is 1. The Bertz CT molecular complexity index is 1010. The summed E-state index contributed by atoms with van der Waals surface area (Å²) in [5.41, 5.74) is 2.47. The first kappa shape index (κ1) is 14.9. The molecule has 0 aliphatic rings. The lowest BCUT2D eigenvalue weighted by Crippen LogP contribution is -2.10. The molecule has 0 fully saturated rings. The fraction of sp³-hybridized carbons (Fsp3) is 0.0556. The fourth-order valence-corrected chi connectivity index (χ4v) is 2.37. The highest BCUT2D eigenvalue weighted by Crippen LogP contribution is 2.19. The molecular formula is C18H14N4O3. The highest BCUT2D eigenvalue weighted by Gasteiger charge is 2.14. The van der Waals surface area contributed by atoms with Crippen LogP contribution in [0.3, 0.4) is 0 Å². The van der Waals surface area contributed by atoms with Gasteiger partial charge in [-0.2, -0.15) is 5.10 Å². The second-order valence-electron chi connectivity index (χ2n) is 5.43. The topological polar surface area (TPSA) is 93.0 Å². The van der Waals surface area contributed by atoms with Gasteiger partial charge in [0.2, 0.25) is 5.76 Å². The number of nitrogens with zero attached hydrogens (tertiary/aromatic N) is 2. The summed E-state index contributed by atoms with van der Waals surface area (Å²) in [6.07, 6.45) is 1.72. The van der Waals surface area contributed by atoms with Crippen LogP contribution in [0, 0.1) is 0 Å². The monoisotopic (exact) mass is 334 g/mol. The molecule has 0 saturated heterocycles. The zero-order valence-electron chi connectivity index (χ0n) is 13.1. The number of benzene rings is 2. The Balaban J connectivity index is 1.41. The molecular weight excluding hydrogens is 320 g/mol. The molecule has 0 aliphatic carbocycles. The second-order valence-corrected chi connectivity index (χ2v) is 5.43. The zero-order valence-corrected chi connectivity index (χ0v) is 13.1. The largest absolute Gasteiger partial charge is 0.471 e. The number of nitrogens with one attached hydrogen (secondary N) is 2. The quantitative estimate of drug-likeness (QED) is 0.583. The Morgan fingerprint density at radius 1 is 1.16 bits per heavy atom. The van der Waals surface area contributed by atoms with Crippen LogP contribution in [-0.2, 0) is 6.61 Å². The van der Waals surface area contributed by atoms with E-state index in [0.29, 0.717) is 12.3 Å². The van der Waals surface area contributed by atoms with Gasteiger partial charge in [0.05, 0.1) is 17.8 Å². The van der Waals surface area contributed by atoms with Crippen molar-refractivity contribution in [1.29, 1.82) is 0 Å². The van der Waals surface area contributed by atoms with Gasteiger partial charge < -0.3 is 14.6 Å². The number of anilines is 1. The Hall–Kier alpha value is -3.61. The molecule has 4 aromatic rings. The summed E-state index contributed by atoms with van der Waals surface area (Å²) in [5, 5.41) is 14.3. The average molecular weight is 334 g/mol. The minimum absolute atomic E-state index is 0.0766. The van der Waals surface area contributed by atoms with Gasteiger partial charge in [0.1, 0.15) is 6.61 Å². The van der Waals surface area contributed by atoms with Gasteiger partial charge in [-0.15, -0.1) is 0 Å². The fourth-order valence-electron chi connectivity index (χ4n) is 2.37. The van der Waals surface area contributed by atoms with Crippen LogP contribution in [0.25, 0.3) is 10.9 Å². The standard InChI is InChI=1S/C18H14N4O3/c23-18(20-14-7-6-13-10-19-21-15(13)8-14)16-9-17(22-25-16)24-11-12-4-2-1-3-5-12/h1-10H,11H2,(H,19,21)(H,20,23). The maximum absolute atomic E-state index is 12.2. The van der Waals surface area contributed by atoms with E-state index in [-0.39, 0.29) is 11.6 Å². The van der Waals surface area contributed by atoms with Crippen LogP contribution in [0.1, 0.15) is 16.1 Å². The maximum atomic E-state index is 12.2. The first-order chi connectivity index (χ1) is 12.3. The molecule has 1 amide bonds. The molecule has 0 spiro atoms. The third-order valence-corrected chi connectivity index (χ3v) is 3.64. The summed E-state index contributed by atoms with van der Waals surface area (Å²) >= 11 is 0. The Kier molecular flexibility index (Phi) is 3.88. The average Bonchev–Trinajstić information content (AvgIpc) is 3.30. The molecule has 25 heavy (non-hydrogen) atoms. The van der Waals surface area contributed by atoms with Gasteiger partial charge in [0, 0.05) is 11.1 Å². The third-order valence-electron chi connectivity index (χ3n) is 3.64. The number of amides is 1. The number of ether oxygens (including phenoxy) is 1. The minimum Gasteiger partial charge on any atom is -0.471 e. The van der Waals surface area contributed by atoms with E-state index < -0.39 is 5.91 Å². The third kappa shape index (κ3) is 3.35. The smallest absolute Gasteiger partial charge is 0.294 e. The van der Waals surface area contributed by atoms with Gasteiger partial charge >= 0.3 is 0 Å². The Morgan fingerprint density at radius 2 is 2.04 bits per heavy atom. The van der Waals surface area contributed by atoms with Crippen molar-refractivity contribution in [2.24, 2.45) is 0 Å². The Morgan fingerprint density at radius 3 is 2.92 bits per heavy atom. The van der Waals surface area contributed by atoms with Crippen molar-refractivity contribution in [3.8, 4) is 5.88 Å². The van der Waals surface area contributed by atoms with E-state index in [0.717, 1.165) is 16.5 Å². The number of carbonyl (C=O) groups excluding carboxylic acids is 1. The van der Waals surface area contributed by atoms with Crippen LogP contribution < -0.4 is 10.1 Å². The first-order valence-corrected chi connectivity index (χ1v) is 7.66. The van der Waals surface area contributed by atoms with Gasteiger partial charge in [0.15, 0.2) is 0 Å². The highest BCUT2D eigenvalue weighted by molar-refractivity contribution is 6.03. The van der Waals surface area contributed by atoms with Crippen molar-refractivity contribution in [2.45, 2.75) is 6.61 Å². The number of fused-ring (bicyclic) bond motifs is 1. The van der Waals surface area contributed by atoms with Crippen LogP contribution >= 0.6 is 0 Å². The Labute approximate surface area is 142 Å². The van der Waals surface area contributed by atoms with Gasteiger partial charge in [-0.05, 0) is 28.9 Å². The van der Waals surface area contributed by atoms with Crippen molar-refractivity contribution in [2.75, 3.05) is 5.32 Å². The molecule has 0 saturated carbocycles. The number of carbonyl (C=O) groups is 1. The highest BCUT2D eigenvalue weighted by atomic mass is 16.5. The molecule has 7 nitrogen and oxygen atoms in total. The molecule has 2 aromatic carbocycles. The van der Waals surface area contributed by atoms with Gasteiger partial charge in [-0.1, -0.05) is 30.3 Å². The molecule has 124 valence electrons. The molecule has 0 bridgehead atoms. The number of rotatable bonds is 5. The number of hydrogen-bond acceptors (Lipinski definition) is 5. The molecule has 0 atom stereocenters. The van der Waals surface area contributed by atoms with E-state index in [1.54, 1.807) is 18.3 Å². The second kappa shape index (κ2) is 6.48. The summed E-state index contributed by atoms with van der Waals surface area (Å²) in [6.45, 7) is 0.352.